The maximum absolute atomic E-state index is 12.4. The Morgan fingerprint density at radius 2 is 1.93 bits per heavy atom. The number of para-hydroxylation sites is 1. The molecule has 0 radical (unpaired) electrons. The largest absolute Gasteiger partial charge is 0.372 e. The van der Waals surface area contributed by atoms with Gasteiger partial charge in [0.15, 0.2) is 4.34 Å². The van der Waals surface area contributed by atoms with Gasteiger partial charge in [0, 0.05) is 30.2 Å². The van der Waals surface area contributed by atoms with Gasteiger partial charge in [-0.25, -0.2) is 0 Å². The van der Waals surface area contributed by atoms with Crippen molar-refractivity contribution >= 4 is 51.2 Å². The lowest BCUT2D eigenvalue weighted by Gasteiger charge is -2.19. The van der Waals surface area contributed by atoms with E-state index < -0.39 is 0 Å². The minimum Gasteiger partial charge on any atom is -0.372 e. The number of amides is 1. The average molecular weight is 426 g/mol. The van der Waals surface area contributed by atoms with E-state index in [-0.39, 0.29) is 5.91 Å². The molecule has 0 spiro atoms. The molecule has 29 heavy (non-hydrogen) atoms. The Morgan fingerprint density at radius 1 is 1.14 bits per heavy atom. The maximum atomic E-state index is 12.4. The molecule has 0 unspecified atom stereocenters. The fraction of sp³-hybridized carbons (Fsp3) is 0.286. The molecule has 8 heteroatoms. The summed E-state index contributed by atoms with van der Waals surface area (Å²) in [6.07, 6.45) is 2.51. The second-order valence-electron chi connectivity index (χ2n) is 6.89. The number of hydrogen-bond donors (Lipinski definition) is 2. The Kier molecular flexibility index (Phi) is 6.31. The van der Waals surface area contributed by atoms with Crippen LogP contribution >= 0.6 is 23.1 Å². The van der Waals surface area contributed by atoms with Crippen molar-refractivity contribution in [3.05, 3.63) is 54.1 Å². The molecule has 1 fully saturated rings. The topological polar surface area (TPSA) is 70.2 Å². The number of rotatable bonds is 7. The number of nitrogens with one attached hydrogen (secondary N) is 2. The summed E-state index contributed by atoms with van der Waals surface area (Å²) >= 11 is 2.83. The molecule has 1 amide bonds. The van der Waals surface area contributed by atoms with Gasteiger partial charge in [0.05, 0.1) is 5.75 Å². The van der Waals surface area contributed by atoms with Crippen LogP contribution in [0.25, 0.3) is 0 Å². The summed E-state index contributed by atoms with van der Waals surface area (Å²) in [4.78, 5) is 14.8. The van der Waals surface area contributed by atoms with Gasteiger partial charge in [-0.05, 0) is 55.7 Å². The normalized spacial score (nSPS) is 13.5. The molecule has 6 nitrogen and oxygen atoms in total. The van der Waals surface area contributed by atoms with Crippen LogP contribution in [0.3, 0.4) is 0 Å². The summed E-state index contributed by atoms with van der Waals surface area (Å²) in [6.45, 7) is 4.27. The van der Waals surface area contributed by atoms with Gasteiger partial charge in [-0.2, -0.15) is 0 Å². The quantitative estimate of drug-likeness (QED) is 0.524. The summed E-state index contributed by atoms with van der Waals surface area (Å²) in [5.74, 6) is 0.257. The Bertz CT molecular complexity index is 970. The summed E-state index contributed by atoms with van der Waals surface area (Å²) in [7, 11) is 0. The van der Waals surface area contributed by atoms with Crippen molar-refractivity contribution in [1.82, 2.24) is 10.2 Å². The zero-order valence-corrected chi connectivity index (χ0v) is 17.9. The molecule has 1 aromatic heterocycles. The van der Waals surface area contributed by atoms with Gasteiger partial charge in [0.25, 0.3) is 0 Å². The number of aryl methyl sites for hydroxylation is 1. The third-order valence-electron chi connectivity index (χ3n) is 4.71. The van der Waals surface area contributed by atoms with E-state index >= 15 is 0 Å². The van der Waals surface area contributed by atoms with Crippen LogP contribution in [0.2, 0.25) is 0 Å². The highest BCUT2D eigenvalue weighted by Gasteiger charge is 2.14. The first-order chi connectivity index (χ1) is 14.2. The first-order valence-corrected chi connectivity index (χ1v) is 11.4. The van der Waals surface area contributed by atoms with Crippen molar-refractivity contribution in [3.8, 4) is 0 Å². The number of hydrogen-bond acceptors (Lipinski definition) is 7. The molecule has 2 N–H and O–H groups in total. The SMILES string of the molecule is Cc1cc(N2CCCC2)ccc1NC(=O)CSc1nnc(Nc2ccccc2)s1. The first kappa shape index (κ1) is 19.7. The molecular weight excluding hydrogens is 402 g/mol. The summed E-state index contributed by atoms with van der Waals surface area (Å²) < 4.78 is 0.764. The number of carbonyl (C=O) groups excluding carboxylic acids is 1. The fourth-order valence-corrected chi connectivity index (χ4v) is 4.81. The van der Waals surface area contributed by atoms with Gasteiger partial charge in [-0.3, -0.25) is 4.79 Å². The van der Waals surface area contributed by atoms with Crippen LogP contribution in [0.15, 0.2) is 52.9 Å². The zero-order chi connectivity index (χ0) is 20.1. The van der Waals surface area contributed by atoms with Gasteiger partial charge in [0.1, 0.15) is 0 Å². The first-order valence-electron chi connectivity index (χ1n) is 9.61. The van der Waals surface area contributed by atoms with Crippen molar-refractivity contribution in [2.45, 2.75) is 24.1 Å². The second-order valence-corrected chi connectivity index (χ2v) is 9.09. The van der Waals surface area contributed by atoms with E-state index in [9.17, 15) is 4.79 Å². The van der Waals surface area contributed by atoms with Gasteiger partial charge < -0.3 is 15.5 Å². The lowest BCUT2D eigenvalue weighted by atomic mass is 10.1. The predicted molar refractivity (Wildman–Crippen MR) is 122 cm³/mol. The summed E-state index contributed by atoms with van der Waals surface area (Å²) in [5.41, 5.74) is 4.14. The van der Waals surface area contributed by atoms with E-state index in [1.807, 2.05) is 43.3 Å². The lowest BCUT2D eigenvalue weighted by molar-refractivity contribution is -0.113. The molecule has 1 aliphatic heterocycles. The molecule has 0 aliphatic carbocycles. The lowest BCUT2D eigenvalue weighted by Crippen LogP contribution is -2.18. The highest BCUT2D eigenvalue weighted by molar-refractivity contribution is 8.01. The third kappa shape index (κ3) is 5.27. The van der Waals surface area contributed by atoms with E-state index in [0.717, 1.165) is 34.4 Å². The standard InChI is InChI=1S/C21H23N5OS2/c1-15-13-17(26-11-5-6-12-26)9-10-18(15)23-19(27)14-28-21-25-24-20(29-21)22-16-7-3-2-4-8-16/h2-4,7-10,13H,5-6,11-12,14H2,1H3,(H,22,24)(H,23,27). The van der Waals surface area contributed by atoms with Gasteiger partial charge in [-0.1, -0.05) is 41.3 Å². The molecule has 150 valence electrons. The van der Waals surface area contributed by atoms with Crippen LogP contribution in [-0.4, -0.2) is 34.9 Å². The molecule has 3 aromatic rings. The van der Waals surface area contributed by atoms with E-state index in [1.165, 1.54) is 41.6 Å². The van der Waals surface area contributed by atoms with Crippen LogP contribution in [0, 0.1) is 6.92 Å². The molecule has 0 atom stereocenters. The summed E-state index contributed by atoms with van der Waals surface area (Å²) in [5, 5.41) is 15.2. The van der Waals surface area contributed by atoms with Crippen molar-refractivity contribution in [2.24, 2.45) is 0 Å². The number of anilines is 4. The molecule has 1 saturated heterocycles. The van der Waals surface area contributed by atoms with Crippen molar-refractivity contribution in [1.29, 1.82) is 0 Å². The highest BCUT2D eigenvalue weighted by atomic mass is 32.2. The Morgan fingerprint density at radius 3 is 2.69 bits per heavy atom. The van der Waals surface area contributed by atoms with Crippen LogP contribution in [-0.2, 0) is 4.79 Å². The minimum atomic E-state index is -0.0419. The average Bonchev–Trinajstić information content (AvgIpc) is 3.41. The number of benzene rings is 2. The van der Waals surface area contributed by atoms with Gasteiger partial charge in [0.2, 0.25) is 11.0 Å². The molecule has 2 aromatic carbocycles. The number of carbonyl (C=O) groups is 1. The maximum Gasteiger partial charge on any atom is 0.234 e. The Balaban J connectivity index is 1.29. The van der Waals surface area contributed by atoms with Crippen molar-refractivity contribution in [2.75, 3.05) is 34.4 Å². The number of aromatic nitrogens is 2. The zero-order valence-electron chi connectivity index (χ0n) is 16.2. The molecule has 0 saturated carbocycles. The Labute approximate surface area is 178 Å². The van der Waals surface area contributed by atoms with Crippen LogP contribution in [0.5, 0.6) is 0 Å². The number of nitrogens with zero attached hydrogens (tertiary/aromatic N) is 3. The highest BCUT2D eigenvalue weighted by Crippen LogP contribution is 2.28. The van der Waals surface area contributed by atoms with E-state index in [2.05, 4.69) is 37.9 Å². The monoisotopic (exact) mass is 425 g/mol. The molecule has 0 bridgehead atoms. The van der Waals surface area contributed by atoms with Gasteiger partial charge in [-0.15, -0.1) is 10.2 Å². The van der Waals surface area contributed by atoms with Crippen LogP contribution in [0.4, 0.5) is 22.2 Å². The van der Waals surface area contributed by atoms with Gasteiger partial charge >= 0.3 is 0 Å². The molecule has 4 rings (SSSR count). The third-order valence-corrected chi connectivity index (χ3v) is 6.69. The van der Waals surface area contributed by atoms with Crippen molar-refractivity contribution in [3.63, 3.8) is 0 Å². The van der Waals surface area contributed by atoms with Crippen LogP contribution < -0.4 is 15.5 Å². The fourth-order valence-electron chi connectivity index (χ4n) is 3.24. The van der Waals surface area contributed by atoms with E-state index in [4.69, 9.17) is 0 Å². The molecule has 2 heterocycles. The van der Waals surface area contributed by atoms with Crippen LogP contribution in [0.1, 0.15) is 18.4 Å². The van der Waals surface area contributed by atoms with Crippen molar-refractivity contribution < 1.29 is 4.79 Å². The smallest absolute Gasteiger partial charge is 0.234 e. The predicted octanol–water partition coefficient (Wildman–Crippen LogP) is 4.92. The second kappa shape index (κ2) is 9.28. The summed E-state index contributed by atoms with van der Waals surface area (Å²) in [6, 6.07) is 16.1. The number of thioether (sulfide) groups is 1. The van der Waals surface area contributed by atoms with E-state index in [0.29, 0.717) is 10.9 Å². The Hall–Kier alpha value is -2.58. The van der Waals surface area contributed by atoms with E-state index in [1.54, 1.807) is 0 Å². The molecular formula is C21H23N5OS2. The molecule has 1 aliphatic rings. The minimum absolute atomic E-state index is 0.0419.